The molecule has 1 aromatic heterocycles. The van der Waals surface area contributed by atoms with E-state index in [1.807, 2.05) is 24.3 Å². The molecule has 0 radical (unpaired) electrons. The number of nitrogens with zero attached hydrogens (tertiary/aromatic N) is 3. The van der Waals surface area contributed by atoms with E-state index in [-0.39, 0.29) is 0 Å². The zero-order valence-electron chi connectivity index (χ0n) is 8.38. The highest BCUT2D eigenvalue weighted by atomic mass is 15.0. The maximum Gasteiger partial charge on any atom is 0.162 e. The van der Waals surface area contributed by atoms with Crippen LogP contribution >= 0.6 is 0 Å². The monoisotopic (exact) mass is 205 g/mol. The van der Waals surface area contributed by atoms with Crippen molar-refractivity contribution in [3.8, 4) is 11.1 Å². The van der Waals surface area contributed by atoms with Crippen LogP contribution in [0.25, 0.3) is 17.2 Å². The van der Waals surface area contributed by atoms with Gasteiger partial charge in [0, 0.05) is 22.6 Å². The first kappa shape index (κ1) is 7.93. The minimum absolute atomic E-state index is 0.773. The Morgan fingerprint density at radius 1 is 1.00 bits per heavy atom. The molecular weight excluding hydrogens is 198 g/mol. The van der Waals surface area contributed by atoms with Gasteiger partial charge in [-0.05, 0) is 18.2 Å². The molecule has 2 aliphatic rings. The third-order valence-electron chi connectivity index (χ3n) is 2.88. The largest absolute Gasteiger partial charge is 0.237 e. The quantitative estimate of drug-likeness (QED) is 0.548. The van der Waals surface area contributed by atoms with Crippen LogP contribution in [0.5, 0.6) is 0 Å². The van der Waals surface area contributed by atoms with Gasteiger partial charge >= 0.3 is 0 Å². The van der Waals surface area contributed by atoms with Crippen molar-refractivity contribution in [1.29, 1.82) is 0 Å². The van der Waals surface area contributed by atoms with Gasteiger partial charge in [0.2, 0.25) is 0 Å². The van der Waals surface area contributed by atoms with Crippen LogP contribution in [0.2, 0.25) is 0 Å². The molecule has 3 nitrogen and oxygen atoms in total. The van der Waals surface area contributed by atoms with Gasteiger partial charge in [0.15, 0.2) is 11.3 Å². The summed E-state index contributed by atoms with van der Waals surface area (Å²) in [6.45, 7) is 0. The van der Waals surface area contributed by atoms with Crippen molar-refractivity contribution in [3.63, 3.8) is 0 Å². The minimum atomic E-state index is 0.773. The van der Waals surface area contributed by atoms with E-state index in [4.69, 9.17) is 0 Å². The number of fused-ring (bicyclic) bond motifs is 4. The van der Waals surface area contributed by atoms with Crippen molar-refractivity contribution in [3.05, 3.63) is 41.0 Å². The molecule has 2 aromatic rings. The lowest BCUT2D eigenvalue weighted by Crippen LogP contribution is -2.13. The fraction of sp³-hybridized carbons (Fsp3) is 0. The molecule has 3 heterocycles. The molecule has 0 amide bonds. The summed E-state index contributed by atoms with van der Waals surface area (Å²) in [5.74, 6) is 0.773. The van der Waals surface area contributed by atoms with Gasteiger partial charge in [-0.3, -0.25) is 0 Å². The third kappa shape index (κ3) is 0.896. The second-order valence-electron chi connectivity index (χ2n) is 3.85. The van der Waals surface area contributed by atoms with Crippen molar-refractivity contribution in [1.82, 2.24) is 4.98 Å². The predicted molar refractivity (Wildman–Crippen MR) is 62.7 cm³/mol. The van der Waals surface area contributed by atoms with Crippen LogP contribution in [-0.4, -0.2) is 11.2 Å². The molecule has 0 unspecified atom stereocenters. The summed E-state index contributed by atoms with van der Waals surface area (Å²) in [4.78, 5) is 13.1. The highest BCUT2D eigenvalue weighted by Crippen LogP contribution is 2.31. The lowest BCUT2D eigenvalue weighted by Gasteiger charge is -1.97. The Hall–Kier alpha value is -2.29. The SMILES string of the molecule is C1=Nc2nc3c(cc2=C1)-c1ccccc1N=3. The molecule has 0 atom stereocenters. The molecule has 1 aromatic carbocycles. The predicted octanol–water partition coefficient (Wildman–Crippen LogP) is 1.51. The van der Waals surface area contributed by atoms with E-state index in [0.29, 0.717) is 0 Å². The maximum atomic E-state index is 4.49. The van der Waals surface area contributed by atoms with Crippen LogP contribution in [0.3, 0.4) is 0 Å². The molecule has 0 saturated carbocycles. The molecule has 0 N–H and O–H groups in total. The van der Waals surface area contributed by atoms with Gasteiger partial charge in [0.1, 0.15) is 0 Å². The Labute approximate surface area is 91.5 Å². The summed E-state index contributed by atoms with van der Waals surface area (Å²) in [7, 11) is 0. The molecule has 0 bridgehead atoms. The van der Waals surface area contributed by atoms with Crippen molar-refractivity contribution >= 4 is 23.8 Å². The summed E-state index contributed by atoms with van der Waals surface area (Å²) < 4.78 is 0. The first-order chi connectivity index (χ1) is 7.92. The first-order valence-electron chi connectivity index (χ1n) is 5.15. The first-order valence-corrected chi connectivity index (χ1v) is 5.15. The van der Waals surface area contributed by atoms with Crippen LogP contribution in [0, 0.1) is 0 Å². The Morgan fingerprint density at radius 3 is 2.94 bits per heavy atom. The van der Waals surface area contributed by atoms with Crippen LogP contribution in [0.15, 0.2) is 40.3 Å². The van der Waals surface area contributed by atoms with E-state index in [9.17, 15) is 0 Å². The van der Waals surface area contributed by atoms with Crippen LogP contribution in [0.1, 0.15) is 0 Å². The molecule has 0 saturated heterocycles. The maximum absolute atomic E-state index is 4.49. The smallest absolute Gasteiger partial charge is 0.162 e. The van der Waals surface area contributed by atoms with E-state index in [0.717, 1.165) is 33.3 Å². The zero-order valence-corrected chi connectivity index (χ0v) is 8.38. The van der Waals surface area contributed by atoms with Crippen LogP contribution < -0.4 is 10.7 Å². The number of aliphatic imine (C=N–C) groups is 1. The van der Waals surface area contributed by atoms with Gasteiger partial charge in [-0.2, -0.15) is 0 Å². The lowest BCUT2D eigenvalue weighted by molar-refractivity contribution is 1.16. The number of para-hydroxylation sites is 1. The second-order valence-corrected chi connectivity index (χ2v) is 3.85. The number of pyridine rings is 1. The van der Waals surface area contributed by atoms with Crippen molar-refractivity contribution in [2.75, 3.05) is 0 Å². The van der Waals surface area contributed by atoms with E-state index in [2.05, 4.69) is 27.1 Å². The molecule has 74 valence electrons. The molecule has 0 aliphatic carbocycles. The highest BCUT2D eigenvalue weighted by molar-refractivity contribution is 5.96. The summed E-state index contributed by atoms with van der Waals surface area (Å²) >= 11 is 0. The fourth-order valence-electron chi connectivity index (χ4n) is 2.12. The lowest BCUT2D eigenvalue weighted by atomic mass is 10.1. The number of rotatable bonds is 0. The van der Waals surface area contributed by atoms with E-state index >= 15 is 0 Å². The molecule has 3 heteroatoms. The van der Waals surface area contributed by atoms with Gasteiger partial charge in [0.05, 0.1) is 5.69 Å². The van der Waals surface area contributed by atoms with E-state index < -0.39 is 0 Å². The van der Waals surface area contributed by atoms with Gasteiger partial charge in [-0.15, -0.1) is 0 Å². The molecule has 4 rings (SSSR count). The Morgan fingerprint density at radius 2 is 1.94 bits per heavy atom. The summed E-state index contributed by atoms with van der Waals surface area (Å²) in [5.41, 5.74) is 4.05. The highest BCUT2D eigenvalue weighted by Gasteiger charge is 2.15. The minimum Gasteiger partial charge on any atom is -0.237 e. The standard InChI is InChI=1S/C13H7N3/c1-2-4-11-9(3-1)10-7-8-5-6-14-12(8)16-13(10)15-11/h1-7H. The average Bonchev–Trinajstić information content (AvgIpc) is 2.88. The Balaban J connectivity index is 2.15. The van der Waals surface area contributed by atoms with Gasteiger partial charge in [-0.1, -0.05) is 18.2 Å². The zero-order chi connectivity index (χ0) is 10.5. The van der Waals surface area contributed by atoms with E-state index in [1.165, 1.54) is 0 Å². The third-order valence-corrected chi connectivity index (χ3v) is 2.88. The number of aromatic nitrogens is 1. The second kappa shape index (κ2) is 2.64. The number of hydrogen-bond acceptors (Lipinski definition) is 3. The van der Waals surface area contributed by atoms with Crippen molar-refractivity contribution in [2.45, 2.75) is 0 Å². The topological polar surface area (TPSA) is 37.6 Å². The van der Waals surface area contributed by atoms with Crippen molar-refractivity contribution < 1.29 is 0 Å². The summed E-state index contributed by atoms with van der Waals surface area (Å²) in [6.07, 6.45) is 3.75. The van der Waals surface area contributed by atoms with Gasteiger partial charge in [0.25, 0.3) is 0 Å². The molecule has 0 spiro atoms. The Bertz CT molecular complexity index is 757. The van der Waals surface area contributed by atoms with Crippen LogP contribution in [-0.2, 0) is 0 Å². The molecule has 0 fully saturated rings. The number of hydrogen-bond donors (Lipinski definition) is 0. The van der Waals surface area contributed by atoms with Gasteiger partial charge < -0.3 is 0 Å². The van der Waals surface area contributed by atoms with Gasteiger partial charge in [-0.25, -0.2) is 15.0 Å². The normalized spacial score (nSPS) is 13.8. The average molecular weight is 205 g/mol. The summed E-state index contributed by atoms with van der Waals surface area (Å²) in [6, 6.07) is 10.2. The van der Waals surface area contributed by atoms with Crippen molar-refractivity contribution in [2.24, 2.45) is 9.98 Å². The fourth-order valence-corrected chi connectivity index (χ4v) is 2.12. The molecule has 2 aliphatic heterocycles. The Kier molecular flexibility index (Phi) is 1.31. The number of benzene rings is 1. The van der Waals surface area contributed by atoms with Crippen LogP contribution in [0.4, 0.5) is 11.5 Å². The molecule has 16 heavy (non-hydrogen) atoms. The summed E-state index contributed by atoms with van der Waals surface area (Å²) in [5, 5.41) is 1.07. The van der Waals surface area contributed by atoms with E-state index in [1.54, 1.807) is 6.21 Å². The molecular formula is C13H7N3.